The normalized spacial score (nSPS) is 17.8. The van der Waals surface area contributed by atoms with Gasteiger partial charge < -0.3 is 14.6 Å². The summed E-state index contributed by atoms with van der Waals surface area (Å²) < 4.78 is 12.5. The first kappa shape index (κ1) is 20.7. The molecule has 0 radical (unpaired) electrons. The maximum atomic E-state index is 10.2. The summed E-state index contributed by atoms with van der Waals surface area (Å²) in [6.45, 7) is 0. The van der Waals surface area contributed by atoms with E-state index in [1.807, 2.05) is 36.4 Å². The second-order valence-corrected chi connectivity index (χ2v) is 9.11. The van der Waals surface area contributed by atoms with Crippen molar-refractivity contribution in [2.75, 3.05) is 0 Å². The molecule has 1 aromatic heterocycles. The van der Waals surface area contributed by atoms with Crippen molar-refractivity contribution in [2.45, 2.75) is 18.6 Å². The molecule has 2 aliphatic rings. The van der Waals surface area contributed by atoms with Crippen LogP contribution in [0.4, 0.5) is 0 Å². The van der Waals surface area contributed by atoms with E-state index < -0.39 is 0 Å². The number of rotatable bonds is 3. The van der Waals surface area contributed by atoms with Crippen molar-refractivity contribution in [3.63, 3.8) is 0 Å². The molecule has 0 spiro atoms. The number of pyridine rings is 1. The molecule has 4 aromatic carbocycles. The number of phenols is 1. The van der Waals surface area contributed by atoms with Crippen LogP contribution in [0.3, 0.4) is 0 Å². The van der Waals surface area contributed by atoms with Crippen LogP contribution < -0.4 is 4.74 Å². The van der Waals surface area contributed by atoms with Gasteiger partial charge in [-0.15, -0.1) is 0 Å². The number of aliphatic imine (C=N–C) groups is 1. The van der Waals surface area contributed by atoms with E-state index in [1.54, 1.807) is 18.2 Å². The first-order valence-corrected chi connectivity index (χ1v) is 12.0. The van der Waals surface area contributed by atoms with Crippen LogP contribution in [0.15, 0.2) is 108 Å². The Balaban J connectivity index is 1.22. The summed E-state index contributed by atoms with van der Waals surface area (Å²) >= 11 is 0. The average Bonchev–Trinajstić information content (AvgIpc) is 3.28. The number of aromatic hydroxyl groups is 1. The van der Waals surface area contributed by atoms with Crippen LogP contribution in [0.1, 0.15) is 22.7 Å². The average molecular weight is 471 g/mol. The van der Waals surface area contributed by atoms with E-state index in [1.165, 1.54) is 22.3 Å². The smallest absolute Gasteiger partial charge is 0.219 e. The van der Waals surface area contributed by atoms with Crippen molar-refractivity contribution >= 4 is 16.8 Å². The number of ether oxygens (including phenoxy) is 2. The van der Waals surface area contributed by atoms with Gasteiger partial charge in [-0.25, -0.2) is 9.98 Å². The molecule has 7 rings (SSSR count). The quantitative estimate of drug-likeness (QED) is 0.313. The third-order valence-corrected chi connectivity index (χ3v) is 6.86. The minimum atomic E-state index is -0.0710. The maximum Gasteiger partial charge on any atom is 0.219 e. The van der Waals surface area contributed by atoms with Crippen LogP contribution in [0, 0.1) is 0 Å². The van der Waals surface area contributed by atoms with Crippen molar-refractivity contribution in [3.8, 4) is 28.5 Å². The van der Waals surface area contributed by atoms with Crippen LogP contribution in [0.5, 0.6) is 17.4 Å². The molecule has 0 saturated carbocycles. The van der Waals surface area contributed by atoms with E-state index in [4.69, 9.17) is 14.5 Å². The van der Waals surface area contributed by atoms with Crippen molar-refractivity contribution in [3.05, 3.63) is 120 Å². The molecule has 1 aliphatic heterocycles. The van der Waals surface area contributed by atoms with E-state index in [0.29, 0.717) is 23.0 Å². The van der Waals surface area contributed by atoms with Gasteiger partial charge >= 0.3 is 0 Å². The molecule has 0 amide bonds. The molecule has 0 fully saturated rings. The van der Waals surface area contributed by atoms with Crippen LogP contribution >= 0.6 is 0 Å². The first-order valence-electron chi connectivity index (χ1n) is 12.0. The highest BCUT2D eigenvalue weighted by molar-refractivity contribution is 5.96. The molecule has 5 aromatic rings. The van der Waals surface area contributed by atoms with E-state index >= 15 is 0 Å². The zero-order valence-electron chi connectivity index (χ0n) is 19.3. The Labute approximate surface area is 208 Å². The van der Waals surface area contributed by atoms with Gasteiger partial charge in [0.05, 0.1) is 0 Å². The lowest BCUT2D eigenvalue weighted by Crippen LogP contribution is -2.18. The minimum Gasteiger partial charge on any atom is -0.506 e. The van der Waals surface area contributed by atoms with Crippen molar-refractivity contribution in [1.29, 1.82) is 0 Å². The highest BCUT2D eigenvalue weighted by atomic mass is 16.5. The Morgan fingerprint density at radius 3 is 2.58 bits per heavy atom. The van der Waals surface area contributed by atoms with Crippen LogP contribution in [0.2, 0.25) is 0 Å². The van der Waals surface area contributed by atoms with Gasteiger partial charge in [0.1, 0.15) is 29.2 Å². The second-order valence-electron chi connectivity index (χ2n) is 9.11. The third-order valence-electron chi connectivity index (χ3n) is 6.86. The van der Waals surface area contributed by atoms with Gasteiger partial charge in [0.25, 0.3) is 0 Å². The summed E-state index contributed by atoms with van der Waals surface area (Å²) in [5.74, 6) is 1.78. The van der Waals surface area contributed by atoms with E-state index in [2.05, 4.69) is 53.5 Å². The Morgan fingerprint density at radius 2 is 1.64 bits per heavy atom. The molecule has 2 heterocycles. The lowest BCUT2D eigenvalue weighted by Gasteiger charge is -2.16. The van der Waals surface area contributed by atoms with Gasteiger partial charge in [0.15, 0.2) is 0 Å². The first-order chi connectivity index (χ1) is 17.7. The van der Waals surface area contributed by atoms with Gasteiger partial charge in [0.2, 0.25) is 11.8 Å². The maximum absolute atomic E-state index is 10.2. The monoisotopic (exact) mass is 470 g/mol. The second kappa shape index (κ2) is 8.24. The molecule has 174 valence electrons. The Kier molecular flexibility index (Phi) is 4.74. The number of benzene rings is 4. The molecule has 36 heavy (non-hydrogen) atoms. The fraction of sp³-hybridized carbons (Fsp3) is 0.0968. The molecule has 2 atom stereocenters. The topological polar surface area (TPSA) is 63.9 Å². The van der Waals surface area contributed by atoms with Crippen LogP contribution in [-0.2, 0) is 11.2 Å². The molecule has 5 heteroatoms. The lowest BCUT2D eigenvalue weighted by atomic mass is 9.95. The van der Waals surface area contributed by atoms with Gasteiger partial charge in [-0.1, -0.05) is 66.7 Å². The van der Waals surface area contributed by atoms with Gasteiger partial charge in [-0.05, 0) is 52.6 Å². The number of fused-ring (bicyclic) bond motifs is 6. The zero-order chi connectivity index (χ0) is 24.1. The van der Waals surface area contributed by atoms with Gasteiger partial charge in [-0.2, -0.15) is 0 Å². The minimum absolute atomic E-state index is 0.0699. The fourth-order valence-corrected chi connectivity index (χ4v) is 5.18. The number of aromatic nitrogens is 1. The fourth-order valence-electron chi connectivity index (χ4n) is 5.18. The summed E-state index contributed by atoms with van der Waals surface area (Å²) in [6.07, 6.45) is 0.725. The van der Waals surface area contributed by atoms with Crippen LogP contribution in [0.25, 0.3) is 22.0 Å². The van der Waals surface area contributed by atoms with Crippen molar-refractivity contribution in [1.82, 2.24) is 4.98 Å². The number of nitrogens with zero attached hydrogens (tertiary/aromatic N) is 2. The molecular weight excluding hydrogens is 448 g/mol. The molecular formula is C31H22N2O3. The van der Waals surface area contributed by atoms with Gasteiger partial charge in [-0.3, -0.25) is 0 Å². The molecule has 0 unspecified atom stereocenters. The van der Waals surface area contributed by atoms with Crippen LogP contribution in [-0.4, -0.2) is 22.1 Å². The highest BCUT2D eigenvalue weighted by Gasteiger charge is 2.37. The third kappa shape index (κ3) is 3.48. The van der Waals surface area contributed by atoms with Gasteiger partial charge in [0, 0.05) is 23.4 Å². The molecule has 1 N–H and O–H groups in total. The zero-order valence-corrected chi connectivity index (χ0v) is 19.3. The van der Waals surface area contributed by atoms with E-state index in [9.17, 15) is 5.11 Å². The number of phenolic OH excluding ortho intramolecular Hbond substituents is 1. The number of para-hydroxylation sites is 1. The number of hydrogen-bond acceptors (Lipinski definition) is 5. The summed E-state index contributed by atoms with van der Waals surface area (Å²) in [4.78, 5) is 9.53. The summed E-state index contributed by atoms with van der Waals surface area (Å²) in [5, 5.41) is 11.0. The molecule has 1 aliphatic carbocycles. The Hall–Kier alpha value is -4.64. The SMILES string of the molecule is Oc1cccc2ccc(Oc3cccc(C4=N[C@H]5c6ccccc6-c6ccccc6C[C@@H]5O4)c3)nc12. The summed E-state index contributed by atoms with van der Waals surface area (Å²) in [5.41, 5.74) is 6.31. The van der Waals surface area contributed by atoms with Crippen molar-refractivity contribution in [2.24, 2.45) is 4.99 Å². The molecule has 0 saturated heterocycles. The highest BCUT2D eigenvalue weighted by Crippen LogP contribution is 2.43. The number of hydrogen-bond donors (Lipinski definition) is 1. The summed E-state index contributed by atoms with van der Waals surface area (Å²) in [6, 6.07) is 33.6. The standard InChI is InChI=1S/C31H22N2O3/c34-26-14-6-8-19-15-16-28(32-29(19)26)35-22-10-5-9-21(17-22)31-33-30-25-13-4-3-12-24(25)23-11-2-1-7-20(23)18-27(30)36-31/h1-17,27,30,34H,18H2/t27-,30-/m0/s1. The molecule has 5 nitrogen and oxygen atoms in total. The van der Waals surface area contributed by atoms with E-state index in [-0.39, 0.29) is 17.9 Å². The Morgan fingerprint density at radius 1 is 0.806 bits per heavy atom. The van der Waals surface area contributed by atoms with Crippen molar-refractivity contribution < 1.29 is 14.6 Å². The Bertz CT molecular complexity index is 1660. The largest absolute Gasteiger partial charge is 0.506 e. The van der Waals surface area contributed by atoms with E-state index in [0.717, 1.165) is 17.4 Å². The predicted molar refractivity (Wildman–Crippen MR) is 140 cm³/mol. The lowest BCUT2D eigenvalue weighted by molar-refractivity contribution is 0.194. The molecule has 0 bridgehead atoms. The summed E-state index contributed by atoms with van der Waals surface area (Å²) in [7, 11) is 0. The predicted octanol–water partition coefficient (Wildman–Crippen LogP) is 6.84.